The molecule has 3 rings (SSSR count). The largest absolute Gasteiger partial charge is 0.451 e. The molecular formula is C52H72I2N4O12. The van der Waals surface area contributed by atoms with Gasteiger partial charge in [-0.2, -0.15) is 0 Å². The van der Waals surface area contributed by atoms with Crippen LogP contribution in [0, 0.1) is 24.9 Å². The van der Waals surface area contributed by atoms with Crippen LogP contribution in [0.4, 0.5) is 0 Å². The molecule has 1 heterocycles. The fraction of sp³-hybridized carbons (Fsp3) is 0.577. The molecule has 4 amide bonds. The second-order valence-electron chi connectivity index (χ2n) is 19.6. The molecule has 0 saturated carbocycles. The highest BCUT2D eigenvalue weighted by atomic mass is 127. The lowest BCUT2D eigenvalue weighted by molar-refractivity contribution is -0.175. The Morgan fingerprint density at radius 3 is 1.31 bits per heavy atom. The summed E-state index contributed by atoms with van der Waals surface area (Å²) in [4.78, 5) is 120. The van der Waals surface area contributed by atoms with E-state index in [-0.39, 0.29) is 49.9 Å². The fourth-order valence-electron chi connectivity index (χ4n) is 7.96. The quantitative estimate of drug-likeness (QED) is 0.0994. The van der Waals surface area contributed by atoms with Gasteiger partial charge in [-0.05, 0) is 145 Å². The molecule has 1 saturated heterocycles. The number of amides is 4. The first-order valence-electron chi connectivity index (χ1n) is 23.7. The minimum absolute atomic E-state index is 0.0914. The maximum atomic E-state index is 14.7. The van der Waals surface area contributed by atoms with Crippen LogP contribution in [-0.4, -0.2) is 144 Å². The highest BCUT2D eigenvalue weighted by Gasteiger charge is 2.42. The van der Waals surface area contributed by atoms with Gasteiger partial charge in [-0.3, -0.25) is 19.2 Å². The van der Waals surface area contributed by atoms with Gasteiger partial charge in [0.1, 0.15) is 24.2 Å². The number of allylic oxidation sites excluding steroid dienone is 1. The highest BCUT2D eigenvalue weighted by Crippen LogP contribution is 2.24. The molecule has 386 valence electrons. The Morgan fingerprint density at radius 1 is 0.514 bits per heavy atom. The molecule has 0 aromatic heterocycles. The van der Waals surface area contributed by atoms with Crippen molar-refractivity contribution in [3.63, 3.8) is 0 Å². The average molecular weight is 1200 g/mol. The molecule has 2 aromatic rings. The van der Waals surface area contributed by atoms with Crippen molar-refractivity contribution in [1.29, 1.82) is 0 Å². The van der Waals surface area contributed by atoms with E-state index in [4.69, 9.17) is 18.9 Å². The first-order valence-corrected chi connectivity index (χ1v) is 25.8. The second-order valence-corrected chi connectivity index (χ2v) is 22.1. The van der Waals surface area contributed by atoms with Crippen molar-refractivity contribution in [2.24, 2.45) is 17.8 Å². The number of esters is 4. The fourth-order valence-corrected chi connectivity index (χ4v) is 8.93. The molecule has 0 spiro atoms. The molecule has 16 nitrogen and oxygen atoms in total. The van der Waals surface area contributed by atoms with Crippen LogP contribution < -0.4 is 0 Å². The van der Waals surface area contributed by atoms with Gasteiger partial charge >= 0.3 is 23.9 Å². The Balaban J connectivity index is 2.28. The van der Waals surface area contributed by atoms with Gasteiger partial charge in [-0.15, -0.1) is 0 Å². The Kier molecular flexibility index (Phi) is 23.3. The number of cyclic esters (lactones) is 4. The van der Waals surface area contributed by atoms with Gasteiger partial charge in [0.05, 0.1) is 0 Å². The maximum absolute atomic E-state index is 14.7. The van der Waals surface area contributed by atoms with Crippen molar-refractivity contribution in [2.45, 2.75) is 150 Å². The first-order chi connectivity index (χ1) is 32.6. The standard InChI is InChI=1S/C52H72I2N4O12/c1-29(2)22-39-49(63)67-34(10)46(60)56(12)42(25-32(7)8)52(66)70-44(28-36-16-15-17-38(54)26-36)48(62)58(14)40(23-30(3)4)50(64)68-33(9)45(59)55(11)41(24-31(5)6)51(65)69-43(47(61)57(39)13)27-35-18-20-37(53)21-19-35/h15-21,24,26,29-30,32-34,39-44H,22-23,25,27-28H2,1-14H3/t33-,34-,39+,40+,41+,42+,43-,44-/m1/s1. The summed E-state index contributed by atoms with van der Waals surface area (Å²) in [6, 6.07) is 9.30. The van der Waals surface area contributed by atoms with E-state index >= 15 is 0 Å². The summed E-state index contributed by atoms with van der Waals surface area (Å²) in [5.41, 5.74) is 1.91. The van der Waals surface area contributed by atoms with Gasteiger partial charge in [0.15, 0.2) is 24.4 Å². The molecule has 0 unspecified atom stereocenters. The zero-order valence-corrected chi connectivity index (χ0v) is 47.3. The molecular weight excluding hydrogens is 1130 g/mol. The van der Waals surface area contributed by atoms with E-state index in [1.165, 1.54) is 48.1 Å². The number of likely N-dealkylation sites (N-methyl/N-ethyl adjacent to an activating group) is 4. The number of benzene rings is 2. The molecule has 0 aliphatic carbocycles. The van der Waals surface area contributed by atoms with Gasteiger partial charge in [0, 0.05) is 48.2 Å². The Labute approximate surface area is 441 Å². The summed E-state index contributed by atoms with van der Waals surface area (Å²) in [6.45, 7) is 17.2. The molecule has 2 aromatic carbocycles. The summed E-state index contributed by atoms with van der Waals surface area (Å²) in [6.07, 6.45) is -4.35. The Bertz CT molecular complexity index is 2210. The molecule has 1 aliphatic heterocycles. The lowest BCUT2D eigenvalue weighted by atomic mass is 10.00. The summed E-state index contributed by atoms with van der Waals surface area (Å²) < 4.78 is 25.6. The average Bonchev–Trinajstić information content (AvgIpc) is 3.28. The molecule has 1 aliphatic rings. The van der Waals surface area contributed by atoms with Crippen molar-refractivity contribution in [2.75, 3.05) is 28.2 Å². The number of halogens is 2. The van der Waals surface area contributed by atoms with Gasteiger partial charge in [0.2, 0.25) is 0 Å². The maximum Gasteiger partial charge on any atom is 0.333 e. The summed E-state index contributed by atoms with van der Waals surface area (Å²) in [5.74, 6) is -7.20. The van der Waals surface area contributed by atoms with E-state index < -0.39 is 96.1 Å². The van der Waals surface area contributed by atoms with Crippen LogP contribution in [0.5, 0.6) is 0 Å². The normalized spacial score (nSPS) is 24.7. The molecule has 0 bridgehead atoms. The SMILES string of the molecule is CC(C)=C[C@H]1C(=O)O[C@H](Cc2ccc(I)cc2)C(=O)N(C)[C@@H](CC(C)C)C(=O)O[C@H](C)C(=O)N(C)[C@@H](CC(C)C)C(=O)O[C@H](Cc2cccc(I)c2)C(=O)N(C)[C@@H](CC(C)C)C(=O)O[C@H](C)C(=O)N1C. The van der Waals surface area contributed by atoms with E-state index in [0.717, 1.165) is 26.7 Å². The smallest absolute Gasteiger partial charge is 0.333 e. The monoisotopic (exact) mass is 1200 g/mol. The number of carbonyl (C=O) groups excluding carboxylic acids is 8. The number of nitrogens with zero attached hydrogens (tertiary/aromatic N) is 4. The van der Waals surface area contributed by atoms with Crippen LogP contribution in [0.1, 0.15) is 99.6 Å². The Hall–Kier alpha value is -4.60. The minimum Gasteiger partial charge on any atom is -0.451 e. The zero-order valence-electron chi connectivity index (χ0n) is 43.0. The van der Waals surface area contributed by atoms with Crippen molar-refractivity contribution in [3.8, 4) is 0 Å². The van der Waals surface area contributed by atoms with E-state index in [1.54, 1.807) is 38.1 Å². The van der Waals surface area contributed by atoms with Gasteiger partial charge in [-0.1, -0.05) is 77.5 Å². The molecule has 8 atom stereocenters. The number of rotatable bonds is 11. The lowest BCUT2D eigenvalue weighted by Gasteiger charge is -2.35. The van der Waals surface area contributed by atoms with E-state index in [0.29, 0.717) is 16.7 Å². The van der Waals surface area contributed by atoms with E-state index in [1.807, 2.05) is 65.8 Å². The number of ether oxygens (including phenoxy) is 4. The van der Waals surface area contributed by atoms with Crippen molar-refractivity contribution in [1.82, 2.24) is 19.6 Å². The molecule has 70 heavy (non-hydrogen) atoms. The predicted octanol–water partition coefficient (Wildman–Crippen LogP) is 6.79. The van der Waals surface area contributed by atoms with E-state index in [9.17, 15) is 38.4 Å². The predicted molar refractivity (Wildman–Crippen MR) is 281 cm³/mol. The number of hydrogen-bond acceptors (Lipinski definition) is 12. The van der Waals surface area contributed by atoms with Crippen LogP contribution in [0.15, 0.2) is 60.2 Å². The topological polar surface area (TPSA) is 186 Å². The third-order valence-corrected chi connectivity index (χ3v) is 13.2. The van der Waals surface area contributed by atoms with Crippen LogP contribution >= 0.6 is 45.2 Å². The van der Waals surface area contributed by atoms with Crippen LogP contribution in [0.25, 0.3) is 0 Å². The zero-order chi connectivity index (χ0) is 52.9. The van der Waals surface area contributed by atoms with Crippen LogP contribution in [0.3, 0.4) is 0 Å². The number of hydrogen-bond donors (Lipinski definition) is 0. The third-order valence-electron chi connectivity index (χ3n) is 11.8. The van der Waals surface area contributed by atoms with E-state index in [2.05, 4.69) is 45.2 Å². The summed E-state index contributed by atoms with van der Waals surface area (Å²) in [5, 5.41) is 0. The van der Waals surface area contributed by atoms with Gasteiger partial charge in [-0.25, -0.2) is 19.2 Å². The highest BCUT2D eigenvalue weighted by molar-refractivity contribution is 14.1. The van der Waals surface area contributed by atoms with Crippen molar-refractivity contribution in [3.05, 3.63) is 78.4 Å². The van der Waals surface area contributed by atoms with Gasteiger partial charge < -0.3 is 38.5 Å². The summed E-state index contributed by atoms with van der Waals surface area (Å²) >= 11 is 4.27. The molecule has 18 heteroatoms. The number of carbonyl (C=O) groups is 8. The van der Waals surface area contributed by atoms with Crippen LogP contribution in [0.2, 0.25) is 0 Å². The Morgan fingerprint density at radius 2 is 0.900 bits per heavy atom. The third kappa shape index (κ3) is 17.3. The molecule has 1 fully saturated rings. The minimum atomic E-state index is -1.51. The lowest BCUT2D eigenvalue weighted by Crippen LogP contribution is -2.54. The molecule has 0 radical (unpaired) electrons. The van der Waals surface area contributed by atoms with Crippen LogP contribution in [-0.2, 0) is 70.1 Å². The second kappa shape index (κ2) is 27.3. The summed E-state index contributed by atoms with van der Waals surface area (Å²) in [7, 11) is 5.51. The first kappa shape index (κ1) is 59.7. The van der Waals surface area contributed by atoms with Crippen molar-refractivity contribution >= 4 is 92.7 Å². The van der Waals surface area contributed by atoms with Gasteiger partial charge in [0.25, 0.3) is 23.6 Å². The molecule has 0 N–H and O–H groups in total. The van der Waals surface area contributed by atoms with Crippen molar-refractivity contribution < 1.29 is 57.3 Å².